The quantitative estimate of drug-likeness (QED) is 0.178. The van der Waals surface area contributed by atoms with Crippen LogP contribution >= 0.6 is 11.3 Å². The Morgan fingerprint density at radius 3 is 1.59 bits per heavy atom. The lowest BCUT2D eigenvalue weighted by molar-refractivity contribution is 0.669. The van der Waals surface area contributed by atoms with Gasteiger partial charge in [-0.1, -0.05) is 140 Å². The number of anilines is 3. The molecule has 0 saturated carbocycles. The Balaban J connectivity index is 0.963. The second kappa shape index (κ2) is 11.9. The average molecular weight is 756 g/mol. The zero-order valence-electron chi connectivity index (χ0n) is 31.3. The first-order valence-corrected chi connectivity index (χ1v) is 20.7. The van der Waals surface area contributed by atoms with E-state index in [0.29, 0.717) is 0 Å². The highest BCUT2D eigenvalue weighted by Crippen LogP contribution is 2.63. The molecule has 0 bridgehead atoms. The van der Waals surface area contributed by atoms with Crippen molar-refractivity contribution in [2.75, 3.05) is 4.90 Å². The Hall–Kier alpha value is -7.20. The van der Waals surface area contributed by atoms with Gasteiger partial charge in [0.25, 0.3) is 0 Å². The van der Waals surface area contributed by atoms with Crippen LogP contribution in [0.2, 0.25) is 0 Å². The van der Waals surface area contributed by atoms with Gasteiger partial charge in [-0.25, -0.2) is 0 Å². The fourth-order valence-electron chi connectivity index (χ4n) is 10.2. The predicted octanol–water partition coefficient (Wildman–Crippen LogP) is 15.4. The summed E-state index contributed by atoms with van der Waals surface area (Å²) in [7, 11) is 0. The molecule has 0 aliphatic heterocycles. The van der Waals surface area contributed by atoms with Crippen LogP contribution in [-0.4, -0.2) is 0 Å². The van der Waals surface area contributed by atoms with Crippen LogP contribution in [0.4, 0.5) is 17.1 Å². The van der Waals surface area contributed by atoms with E-state index >= 15 is 0 Å². The topological polar surface area (TPSA) is 16.4 Å². The first kappa shape index (κ1) is 31.9. The number of furan rings is 1. The van der Waals surface area contributed by atoms with Crippen LogP contribution in [0.1, 0.15) is 22.3 Å². The number of hydrogen-bond donors (Lipinski definition) is 0. The third-order valence-electron chi connectivity index (χ3n) is 12.7. The van der Waals surface area contributed by atoms with Crippen LogP contribution in [0.5, 0.6) is 0 Å². The van der Waals surface area contributed by atoms with Gasteiger partial charge in [-0.2, -0.15) is 0 Å². The van der Waals surface area contributed by atoms with Crippen LogP contribution in [-0.2, 0) is 5.41 Å². The highest BCUT2D eigenvalue weighted by molar-refractivity contribution is 7.25. The minimum atomic E-state index is -0.369. The minimum Gasteiger partial charge on any atom is -0.456 e. The van der Waals surface area contributed by atoms with Crippen molar-refractivity contribution in [2.45, 2.75) is 5.41 Å². The molecule has 0 fully saturated rings. The molecule has 2 aliphatic carbocycles. The molecule has 1 spiro atoms. The standard InChI is InChI=1S/C55H33NOS/c1-6-16-47-39(11-1)40-12-2-7-17-48(40)55(47)49-18-8-3-13-41(49)42-28-23-35(31-50(42)55)34-21-24-36(25-22-34)56(37-26-29-44-43-14-4-9-19-51(43)57-52(44)32-37)38-27-30-46-45-15-5-10-20-53(45)58-54(46)33-38/h1-33H. The van der Waals surface area contributed by atoms with Gasteiger partial charge in [0.2, 0.25) is 0 Å². The summed E-state index contributed by atoms with van der Waals surface area (Å²) in [5.74, 6) is 0. The number of thiophene rings is 1. The zero-order valence-corrected chi connectivity index (χ0v) is 32.1. The van der Waals surface area contributed by atoms with E-state index in [-0.39, 0.29) is 5.41 Å². The number of para-hydroxylation sites is 1. The monoisotopic (exact) mass is 755 g/mol. The molecule has 2 heterocycles. The Bertz CT molecular complexity index is 3300. The molecule has 0 saturated heterocycles. The number of fused-ring (bicyclic) bond motifs is 16. The fourth-order valence-corrected chi connectivity index (χ4v) is 11.4. The molecule has 3 heteroatoms. The van der Waals surface area contributed by atoms with Crippen molar-refractivity contribution < 1.29 is 4.42 Å². The first-order valence-electron chi connectivity index (χ1n) is 19.9. The summed E-state index contributed by atoms with van der Waals surface area (Å²) in [4.78, 5) is 2.36. The van der Waals surface area contributed by atoms with Gasteiger partial charge in [-0.15, -0.1) is 11.3 Å². The van der Waals surface area contributed by atoms with Gasteiger partial charge in [0, 0.05) is 54.1 Å². The maximum absolute atomic E-state index is 6.42. The van der Waals surface area contributed by atoms with Crippen molar-refractivity contribution in [1.82, 2.24) is 0 Å². The normalized spacial score (nSPS) is 13.3. The molecule has 9 aromatic carbocycles. The van der Waals surface area contributed by atoms with Gasteiger partial charge < -0.3 is 9.32 Å². The third-order valence-corrected chi connectivity index (χ3v) is 13.8. The largest absolute Gasteiger partial charge is 0.456 e. The molecule has 0 atom stereocenters. The maximum Gasteiger partial charge on any atom is 0.137 e. The number of hydrogen-bond acceptors (Lipinski definition) is 3. The molecule has 2 aromatic heterocycles. The molecular formula is C55H33NOS. The summed E-state index contributed by atoms with van der Waals surface area (Å²) in [6.07, 6.45) is 0. The van der Waals surface area contributed by atoms with Gasteiger partial charge >= 0.3 is 0 Å². The molecule has 0 amide bonds. The Labute approximate surface area is 339 Å². The zero-order chi connectivity index (χ0) is 38.0. The number of benzene rings is 9. The van der Waals surface area contributed by atoms with E-state index in [2.05, 4.69) is 193 Å². The van der Waals surface area contributed by atoms with Crippen molar-refractivity contribution in [3.63, 3.8) is 0 Å². The molecule has 270 valence electrons. The lowest BCUT2D eigenvalue weighted by Crippen LogP contribution is -2.25. The maximum atomic E-state index is 6.42. The van der Waals surface area contributed by atoms with Gasteiger partial charge in [0.15, 0.2) is 0 Å². The van der Waals surface area contributed by atoms with Gasteiger partial charge in [-0.05, 0) is 110 Å². The molecule has 0 N–H and O–H groups in total. The molecule has 0 unspecified atom stereocenters. The number of rotatable bonds is 4. The second-order valence-corrected chi connectivity index (χ2v) is 16.7. The van der Waals surface area contributed by atoms with E-state index in [0.717, 1.165) is 39.0 Å². The second-order valence-electron chi connectivity index (χ2n) is 15.6. The summed E-state index contributed by atoms with van der Waals surface area (Å²) in [6, 6.07) is 73.7. The highest BCUT2D eigenvalue weighted by Gasteiger charge is 2.51. The van der Waals surface area contributed by atoms with Crippen LogP contribution in [0.3, 0.4) is 0 Å². The van der Waals surface area contributed by atoms with Crippen LogP contribution < -0.4 is 4.90 Å². The van der Waals surface area contributed by atoms with E-state index in [4.69, 9.17) is 4.42 Å². The Morgan fingerprint density at radius 1 is 0.345 bits per heavy atom. The van der Waals surface area contributed by atoms with E-state index in [1.165, 1.54) is 75.8 Å². The Kier molecular flexibility index (Phi) is 6.56. The molecule has 2 aliphatic rings. The average Bonchev–Trinajstić information content (AvgIpc) is 4.01. The Morgan fingerprint density at radius 2 is 0.862 bits per heavy atom. The minimum absolute atomic E-state index is 0.369. The smallest absolute Gasteiger partial charge is 0.137 e. The van der Waals surface area contributed by atoms with E-state index < -0.39 is 0 Å². The lowest BCUT2D eigenvalue weighted by Gasteiger charge is -2.30. The summed E-state index contributed by atoms with van der Waals surface area (Å²) < 4.78 is 9.00. The summed E-state index contributed by atoms with van der Waals surface area (Å²) in [5, 5.41) is 4.85. The van der Waals surface area contributed by atoms with Crippen molar-refractivity contribution in [3.05, 3.63) is 222 Å². The molecule has 11 aromatic rings. The number of nitrogens with zero attached hydrogens (tertiary/aromatic N) is 1. The molecule has 0 radical (unpaired) electrons. The summed E-state index contributed by atoms with van der Waals surface area (Å²) in [5.41, 5.74) is 17.8. The summed E-state index contributed by atoms with van der Waals surface area (Å²) >= 11 is 1.85. The van der Waals surface area contributed by atoms with E-state index in [1.54, 1.807) is 0 Å². The SMILES string of the molecule is c1ccc2c(c1)-c1ccccc1C21c2ccccc2-c2ccc(-c3ccc(N(c4ccc5c(c4)oc4ccccc45)c4ccc5c(c4)sc4ccccc45)cc3)cc21. The van der Waals surface area contributed by atoms with Crippen molar-refractivity contribution in [3.8, 4) is 33.4 Å². The summed E-state index contributed by atoms with van der Waals surface area (Å²) in [6.45, 7) is 0. The van der Waals surface area contributed by atoms with Crippen molar-refractivity contribution in [2.24, 2.45) is 0 Å². The van der Waals surface area contributed by atoms with Crippen molar-refractivity contribution >= 4 is 70.5 Å². The van der Waals surface area contributed by atoms with E-state index in [9.17, 15) is 0 Å². The third kappa shape index (κ3) is 4.31. The van der Waals surface area contributed by atoms with Crippen LogP contribution in [0.15, 0.2) is 205 Å². The van der Waals surface area contributed by atoms with Crippen LogP contribution in [0.25, 0.3) is 75.5 Å². The van der Waals surface area contributed by atoms with E-state index in [1.807, 2.05) is 23.5 Å². The van der Waals surface area contributed by atoms with Crippen LogP contribution in [0, 0.1) is 0 Å². The lowest BCUT2D eigenvalue weighted by atomic mass is 9.70. The molecule has 13 rings (SSSR count). The highest BCUT2D eigenvalue weighted by atomic mass is 32.1. The first-order chi connectivity index (χ1) is 28.7. The predicted molar refractivity (Wildman–Crippen MR) is 243 cm³/mol. The van der Waals surface area contributed by atoms with Gasteiger partial charge in [0.05, 0.1) is 5.41 Å². The molecule has 2 nitrogen and oxygen atoms in total. The molecular weight excluding hydrogens is 723 g/mol. The van der Waals surface area contributed by atoms with Crippen molar-refractivity contribution in [1.29, 1.82) is 0 Å². The molecule has 58 heavy (non-hydrogen) atoms. The van der Waals surface area contributed by atoms with Gasteiger partial charge in [0.1, 0.15) is 11.2 Å². The van der Waals surface area contributed by atoms with Gasteiger partial charge in [-0.3, -0.25) is 0 Å². The fraction of sp³-hybridized carbons (Fsp3) is 0.0182.